The van der Waals surface area contributed by atoms with Crippen molar-refractivity contribution in [3.05, 3.63) is 16.0 Å². The van der Waals surface area contributed by atoms with E-state index in [1.807, 2.05) is 18.7 Å². The van der Waals surface area contributed by atoms with Crippen LogP contribution in [0.4, 0.5) is 5.82 Å². The summed E-state index contributed by atoms with van der Waals surface area (Å²) in [6.07, 6.45) is 1.87. The van der Waals surface area contributed by atoms with E-state index in [4.69, 9.17) is 16.9 Å². The molecule has 6 heteroatoms. The Bertz CT molecular complexity index is 402. The number of hydrogen-bond donors (Lipinski definition) is 0. The predicted molar refractivity (Wildman–Crippen MR) is 67.5 cm³/mol. The van der Waals surface area contributed by atoms with Gasteiger partial charge in [0.15, 0.2) is 0 Å². The molecule has 1 heterocycles. The molecule has 0 radical (unpaired) electrons. The van der Waals surface area contributed by atoms with E-state index < -0.39 is 0 Å². The lowest BCUT2D eigenvalue weighted by atomic mass is 10.3. The Balaban J connectivity index is 3.02. The van der Waals surface area contributed by atoms with Crippen LogP contribution in [-0.2, 0) is 0 Å². The van der Waals surface area contributed by atoms with Crippen LogP contribution in [0.1, 0.15) is 20.3 Å². The molecule has 1 aromatic heterocycles. The minimum atomic E-state index is 0.246. The SMILES string of the molecule is CC(C)N(CCC#N)c1ncnc(Cl)c1Br. The summed E-state index contributed by atoms with van der Waals surface area (Å²) in [4.78, 5) is 10.1. The zero-order valence-electron chi connectivity index (χ0n) is 9.11. The van der Waals surface area contributed by atoms with Gasteiger partial charge >= 0.3 is 0 Å². The molecule has 0 aliphatic rings. The van der Waals surface area contributed by atoms with Crippen molar-refractivity contribution in [1.29, 1.82) is 5.26 Å². The Hall–Kier alpha value is -0.860. The molecule has 0 fully saturated rings. The van der Waals surface area contributed by atoms with Gasteiger partial charge in [-0.2, -0.15) is 5.26 Å². The molecule has 0 aliphatic heterocycles. The molecule has 0 saturated heterocycles. The van der Waals surface area contributed by atoms with Gasteiger partial charge in [0.1, 0.15) is 17.3 Å². The number of nitrogens with zero attached hydrogens (tertiary/aromatic N) is 4. The highest BCUT2D eigenvalue weighted by atomic mass is 79.9. The van der Waals surface area contributed by atoms with E-state index in [-0.39, 0.29) is 6.04 Å². The van der Waals surface area contributed by atoms with Crippen molar-refractivity contribution in [3.8, 4) is 6.07 Å². The van der Waals surface area contributed by atoms with Crippen LogP contribution in [0.3, 0.4) is 0 Å². The van der Waals surface area contributed by atoms with E-state index in [1.165, 1.54) is 6.33 Å². The number of aromatic nitrogens is 2. The maximum Gasteiger partial charge on any atom is 0.148 e. The molecule has 0 aromatic carbocycles. The molecule has 0 atom stereocenters. The number of anilines is 1. The molecular weight excluding hydrogens is 291 g/mol. The molecule has 4 nitrogen and oxygen atoms in total. The fraction of sp³-hybridized carbons (Fsp3) is 0.500. The smallest absolute Gasteiger partial charge is 0.148 e. The van der Waals surface area contributed by atoms with Gasteiger partial charge in [0.05, 0.1) is 17.0 Å². The standard InChI is InChI=1S/C10H12BrClN4/c1-7(2)16(5-3-4-13)10-8(11)9(12)14-6-15-10/h6-7H,3,5H2,1-2H3. The van der Waals surface area contributed by atoms with Gasteiger partial charge < -0.3 is 4.90 Å². The summed E-state index contributed by atoms with van der Waals surface area (Å²) in [5, 5.41) is 9.00. The predicted octanol–water partition coefficient (Wildman–Crippen LogP) is 3.02. The summed E-state index contributed by atoms with van der Waals surface area (Å²) in [5.41, 5.74) is 0. The van der Waals surface area contributed by atoms with Crippen molar-refractivity contribution in [2.24, 2.45) is 0 Å². The van der Waals surface area contributed by atoms with Crippen LogP contribution in [-0.4, -0.2) is 22.6 Å². The van der Waals surface area contributed by atoms with Crippen molar-refractivity contribution >= 4 is 33.3 Å². The molecule has 0 amide bonds. The topological polar surface area (TPSA) is 52.8 Å². The fourth-order valence-electron chi connectivity index (χ4n) is 1.32. The van der Waals surface area contributed by atoms with Crippen LogP contribution in [0, 0.1) is 11.3 Å². The van der Waals surface area contributed by atoms with Gasteiger partial charge in [-0.25, -0.2) is 9.97 Å². The van der Waals surface area contributed by atoms with Gasteiger partial charge in [-0.1, -0.05) is 11.6 Å². The van der Waals surface area contributed by atoms with E-state index in [9.17, 15) is 0 Å². The van der Waals surface area contributed by atoms with Gasteiger partial charge in [-0.15, -0.1) is 0 Å². The molecule has 0 N–H and O–H groups in total. The number of rotatable bonds is 4. The first-order valence-corrected chi connectivity index (χ1v) is 6.04. The van der Waals surface area contributed by atoms with Crippen molar-refractivity contribution in [2.75, 3.05) is 11.4 Å². The summed E-state index contributed by atoms with van der Waals surface area (Å²) < 4.78 is 0.670. The molecule has 1 rings (SSSR count). The minimum absolute atomic E-state index is 0.246. The second kappa shape index (κ2) is 6.02. The summed E-state index contributed by atoms with van der Waals surface area (Å²) in [5.74, 6) is 0.727. The Labute approximate surface area is 108 Å². The molecule has 0 spiro atoms. The summed E-state index contributed by atoms with van der Waals surface area (Å²) in [7, 11) is 0. The number of nitriles is 1. The second-order valence-electron chi connectivity index (χ2n) is 3.50. The zero-order valence-corrected chi connectivity index (χ0v) is 11.5. The first kappa shape index (κ1) is 13.2. The lowest BCUT2D eigenvalue weighted by molar-refractivity contribution is 0.674. The summed E-state index contributed by atoms with van der Waals surface area (Å²) >= 11 is 9.27. The van der Waals surface area contributed by atoms with Gasteiger partial charge in [-0.05, 0) is 29.8 Å². The highest BCUT2D eigenvalue weighted by Crippen LogP contribution is 2.30. The lowest BCUT2D eigenvalue weighted by Gasteiger charge is -2.27. The van der Waals surface area contributed by atoms with Crippen LogP contribution in [0.2, 0.25) is 5.15 Å². The van der Waals surface area contributed by atoms with Crippen molar-refractivity contribution in [1.82, 2.24) is 9.97 Å². The maximum absolute atomic E-state index is 8.62. The molecule has 0 saturated carbocycles. The van der Waals surface area contributed by atoms with Crippen LogP contribution < -0.4 is 4.90 Å². The van der Waals surface area contributed by atoms with E-state index in [0.29, 0.717) is 22.6 Å². The molecular formula is C10H12BrClN4. The maximum atomic E-state index is 8.62. The highest BCUT2D eigenvalue weighted by molar-refractivity contribution is 9.10. The third-order valence-electron chi connectivity index (χ3n) is 2.09. The van der Waals surface area contributed by atoms with E-state index >= 15 is 0 Å². The highest BCUT2D eigenvalue weighted by Gasteiger charge is 2.16. The van der Waals surface area contributed by atoms with E-state index in [1.54, 1.807) is 0 Å². The van der Waals surface area contributed by atoms with Crippen molar-refractivity contribution < 1.29 is 0 Å². The lowest BCUT2D eigenvalue weighted by Crippen LogP contribution is -2.32. The average molecular weight is 304 g/mol. The summed E-state index contributed by atoms with van der Waals surface area (Å²) in [6, 6.07) is 2.37. The van der Waals surface area contributed by atoms with Crippen LogP contribution in [0.5, 0.6) is 0 Å². The minimum Gasteiger partial charge on any atom is -0.352 e. The largest absolute Gasteiger partial charge is 0.352 e. The molecule has 0 bridgehead atoms. The second-order valence-corrected chi connectivity index (χ2v) is 4.65. The van der Waals surface area contributed by atoms with E-state index in [0.717, 1.165) is 5.82 Å². The van der Waals surface area contributed by atoms with Gasteiger partial charge in [-0.3, -0.25) is 0 Å². The van der Waals surface area contributed by atoms with E-state index in [2.05, 4.69) is 32.0 Å². The van der Waals surface area contributed by atoms with Crippen molar-refractivity contribution in [3.63, 3.8) is 0 Å². The average Bonchev–Trinajstić information content (AvgIpc) is 2.24. The zero-order chi connectivity index (χ0) is 12.1. The Morgan fingerprint density at radius 1 is 1.56 bits per heavy atom. The first-order valence-electron chi connectivity index (χ1n) is 4.87. The van der Waals surface area contributed by atoms with Crippen LogP contribution in [0.15, 0.2) is 10.8 Å². The molecule has 1 aromatic rings. The molecule has 0 aliphatic carbocycles. The fourth-order valence-corrected chi connectivity index (χ4v) is 1.88. The van der Waals surface area contributed by atoms with Crippen LogP contribution in [0.25, 0.3) is 0 Å². The summed E-state index contributed by atoms with van der Waals surface area (Å²) in [6.45, 7) is 4.71. The first-order chi connectivity index (χ1) is 7.57. The molecule has 16 heavy (non-hydrogen) atoms. The van der Waals surface area contributed by atoms with Crippen LogP contribution >= 0.6 is 27.5 Å². The molecule has 86 valence electrons. The molecule has 0 unspecified atom stereocenters. The van der Waals surface area contributed by atoms with Gasteiger partial charge in [0.25, 0.3) is 0 Å². The van der Waals surface area contributed by atoms with Gasteiger partial charge in [0.2, 0.25) is 0 Å². The normalized spacial score (nSPS) is 10.2. The Kier molecular flexibility index (Phi) is 4.97. The number of hydrogen-bond acceptors (Lipinski definition) is 4. The van der Waals surface area contributed by atoms with Crippen molar-refractivity contribution in [2.45, 2.75) is 26.3 Å². The third-order valence-corrected chi connectivity index (χ3v) is 3.33. The monoisotopic (exact) mass is 302 g/mol. The quantitative estimate of drug-likeness (QED) is 0.802. The Morgan fingerprint density at radius 3 is 2.81 bits per heavy atom. The third kappa shape index (κ3) is 3.06. The Morgan fingerprint density at radius 2 is 2.25 bits per heavy atom. The van der Waals surface area contributed by atoms with Gasteiger partial charge in [0, 0.05) is 12.6 Å². The number of halogens is 2.